The molecule has 0 aliphatic rings. The lowest BCUT2D eigenvalue weighted by Gasteiger charge is -2.02. The zero-order valence-electron chi connectivity index (χ0n) is 7.09. The Labute approximate surface area is 74.9 Å². The Morgan fingerprint density at radius 1 is 1.85 bits per heavy atom. The van der Waals surface area contributed by atoms with Crippen molar-refractivity contribution in [3.05, 3.63) is 11.8 Å². The number of rotatable bonds is 2. The van der Waals surface area contributed by atoms with Gasteiger partial charge < -0.3 is 5.32 Å². The number of hydrogen-bond donors (Lipinski definition) is 3. The van der Waals surface area contributed by atoms with E-state index in [2.05, 4.69) is 20.8 Å². The van der Waals surface area contributed by atoms with Crippen molar-refractivity contribution >= 4 is 11.8 Å². The molecule has 0 fully saturated rings. The van der Waals surface area contributed by atoms with Gasteiger partial charge in [0, 0.05) is 6.54 Å². The monoisotopic (exact) mass is 179 g/mol. The largest absolute Gasteiger partial charge is 0.338 e. The van der Waals surface area contributed by atoms with Gasteiger partial charge in [0.05, 0.1) is 6.20 Å². The van der Waals surface area contributed by atoms with Gasteiger partial charge in [-0.05, 0) is 6.92 Å². The van der Waals surface area contributed by atoms with E-state index in [0.29, 0.717) is 17.9 Å². The Morgan fingerprint density at radius 2 is 2.62 bits per heavy atom. The normalized spacial score (nSPS) is 8.92. The summed E-state index contributed by atoms with van der Waals surface area (Å²) < 4.78 is 0. The second-order valence-electron chi connectivity index (χ2n) is 2.25. The van der Waals surface area contributed by atoms with Gasteiger partial charge in [-0.25, -0.2) is 4.79 Å². The van der Waals surface area contributed by atoms with Crippen molar-refractivity contribution in [3.63, 3.8) is 0 Å². The molecule has 0 saturated carbocycles. The molecular formula is C7H9N5O. The molecule has 68 valence electrons. The van der Waals surface area contributed by atoms with Gasteiger partial charge in [-0.3, -0.25) is 10.4 Å². The first-order chi connectivity index (χ1) is 6.27. The number of nitrogens with zero attached hydrogens (tertiary/aromatic N) is 2. The summed E-state index contributed by atoms with van der Waals surface area (Å²) >= 11 is 0. The van der Waals surface area contributed by atoms with E-state index >= 15 is 0 Å². The minimum absolute atomic E-state index is 0.311. The first-order valence-corrected chi connectivity index (χ1v) is 3.76. The maximum atomic E-state index is 11.0. The molecule has 1 heterocycles. The first-order valence-electron chi connectivity index (χ1n) is 3.76. The van der Waals surface area contributed by atoms with E-state index in [9.17, 15) is 4.79 Å². The fourth-order valence-electron chi connectivity index (χ4n) is 0.784. The lowest BCUT2D eigenvalue weighted by Crippen LogP contribution is -2.28. The van der Waals surface area contributed by atoms with Crippen LogP contribution in [-0.2, 0) is 0 Å². The number of anilines is 1. The maximum absolute atomic E-state index is 11.0. The summed E-state index contributed by atoms with van der Waals surface area (Å²) in [6.07, 6.45) is 1.35. The number of aromatic amines is 1. The summed E-state index contributed by atoms with van der Waals surface area (Å²) in [5.41, 5.74) is 0.311. The van der Waals surface area contributed by atoms with E-state index in [0.717, 1.165) is 0 Å². The van der Waals surface area contributed by atoms with Crippen molar-refractivity contribution < 1.29 is 4.79 Å². The van der Waals surface area contributed by atoms with E-state index in [1.165, 1.54) is 6.20 Å². The van der Waals surface area contributed by atoms with Gasteiger partial charge in [-0.1, -0.05) is 0 Å². The van der Waals surface area contributed by atoms with Crippen LogP contribution in [0, 0.1) is 11.3 Å². The lowest BCUT2D eigenvalue weighted by molar-refractivity contribution is 0.252. The molecule has 0 aromatic carbocycles. The molecule has 1 aromatic heterocycles. The molecule has 0 bridgehead atoms. The summed E-state index contributed by atoms with van der Waals surface area (Å²) in [5.74, 6) is 0.313. The Hall–Kier alpha value is -2.03. The van der Waals surface area contributed by atoms with Crippen molar-refractivity contribution in [2.75, 3.05) is 11.9 Å². The fraction of sp³-hybridized carbons (Fsp3) is 0.286. The number of H-pyrrole nitrogens is 1. The number of carbonyl (C=O) groups is 1. The Morgan fingerprint density at radius 3 is 3.23 bits per heavy atom. The van der Waals surface area contributed by atoms with Crippen LogP contribution in [0.3, 0.4) is 0 Å². The van der Waals surface area contributed by atoms with E-state index in [1.807, 2.05) is 6.07 Å². The van der Waals surface area contributed by atoms with Crippen molar-refractivity contribution in [2.24, 2.45) is 0 Å². The highest BCUT2D eigenvalue weighted by atomic mass is 16.2. The number of urea groups is 1. The van der Waals surface area contributed by atoms with Crippen LogP contribution in [0.4, 0.5) is 10.6 Å². The second-order valence-corrected chi connectivity index (χ2v) is 2.25. The van der Waals surface area contributed by atoms with Crippen molar-refractivity contribution in [2.45, 2.75) is 6.92 Å². The third kappa shape index (κ3) is 2.20. The molecule has 1 aromatic rings. The van der Waals surface area contributed by atoms with Crippen LogP contribution in [0.15, 0.2) is 6.20 Å². The summed E-state index contributed by atoms with van der Waals surface area (Å²) in [7, 11) is 0. The number of carbonyl (C=O) groups excluding carboxylic acids is 1. The predicted molar refractivity (Wildman–Crippen MR) is 46.0 cm³/mol. The molecule has 13 heavy (non-hydrogen) atoms. The second kappa shape index (κ2) is 4.11. The molecule has 6 heteroatoms. The fourth-order valence-corrected chi connectivity index (χ4v) is 0.784. The third-order valence-electron chi connectivity index (χ3n) is 1.34. The van der Waals surface area contributed by atoms with Crippen molar-refractivity contribution in [1.82, 2.24) is 15.5 Å². The standard InChI is InChI=1S/C7H9N5O/c1-2-9-7(13)11-6-5(3-8)4-10-12-6/h4H,2H2,1H3,(H3,9,10,11,12,13). The molecule has 0 radical (unpaired) electrons. The van der Waals surface area contributed by atoms with Crippen LogP contribution < -0.4 is 10.6 Å². The van der Waals surface area contributed by atoms with E-state index in [1.54, 1.807) is 6.92 Å². The zero-order chi connectivity index (χ0) is 9.68. The molecule has 2 amide bonds. The molecule has 0 saturated heterocycles. The molecule has 3 N–H and O–H groups in total. The van der Waals surface area contributed by atoms with Crippen LogP contribution in [0.25, 0.3) is 0 Å². The molecule has 0 atom stereocenters. The number of nitriles is 1. The smallest absolute Gasteiger partial charge is 0.320 e. The van der Waals surface area contributed by atoms with Gasteiger partial charge in [-0.15, -0.1) is 0 Å². The Balaban J connectivity index is 2.64. The summed E-state index contributed by atoms with van der Waals surface area (Å²) in [6.45, 7) is 2.33. The first kappa shape index (κ1) is 9.06. The van der Waals surface area contributed by atoms with Gasteiger partial charge in [0.15, 0.2) is 0 Å². The molecular weight excluding hydrogens is 170 g/mol. The third-order valence-corrected chi connectivity index (χ3v) is 1.34. The average Bonchev–Trinajstić information content (AvgIpc) is 2.52. The molecule has 0 unspecified atom stereocenters. The van der Waals surface area contributed by atoms with Crippen LogP contribution in [0.2, 0.25) is 0 Å². The minimum atomic E-state index is -0.358. The molecule has 0 aliphatic heterocycles. The Kier molecular flexibility index (Phi) is 2.87. The quantitative estimate of drug-likeness (QED) is 0.614. The number of aromatic nitrogens is 2. The van der Waals surface area contributed by atoms with E-state index < -0.39 is 0 Å². The molecule has 1 rings (SSSR count). The van der Waals surface area contributed by atoms with Gasteiger partial charge in [0.1, 0.15) is 17.5 Å². The van der Waals surface area contributed by atoms with Crippen LogP contribution >= 0.6 is 0 Å². The Bertz CT molecular complexity index is 337. The lowest BCUT2D eigenvalue weighted by atomic mass is 10.4. The number of amides is 2. The zero-order valence-corrected chi connectivity index (χ0v) is 7.09. The van der Waals surface area contributed by atoms with Crippen molar-refractivity contribution in [1.29, 1.82) is 5.26 Å². The summed E-state index contributed by atoms with van der Waals surface area (Å²) in [5, 5.41) is 19.7. The number of hydrogen-bond acceptors (Lipinski definition) is 3. The summed E-state index contributed by atoms with van der Waals surface area (Å²) in [6, 6.07) is 1.53. The topological polar surface area (TPSA) is 93.6 Å². The summed E-state index contributed by atoms with van der Waals surface area (Å²) in [4.78, 5) is 11.0. The van der Waals surface area contributed by atoms with Gasteiger partial charge in [0.25, 0.3) is 0 Å². The van der Waals surface area contributed by atoms with E-state index in [4.69, 9.17) is 5.26 Å². The van der Waals surface area contributed by atoms with Crippen molar-refractivity contribution in [3.8, 4) is 6.07 Å². The van der Waals surface area contributed by atoms with Crippen LogP contribution in [0.5, 0.6) is 0 Å². The highest BCUT2D eigenvalue weighted by molar-refractivity contribution is 5.89. The van der Waals surface area contributed by atoms with E-state index in [-0.39, 0.29) is 6.03 Å². The average molecular weight is 179 g/mol. The predicted octanol–water partition coefficient (Wildman–Crippen LogP) is 0.423. The van der Waals surface area contributed by atoms with Gasteiger partial charge in [-0.2, -0.15) is 10.4 Å². The molecule has 6 nitrogen and oxygen atoms in total. The van der Waals surface area contributed by atoms with Crippen LogP contribution in [0.1, 0.15) is 12.5 Å². The highest BCUT2D eigenvalue weighted by Gasteiger charge is 2.06. The highest BCUT2D eigenvalue weighted by Crippen LogP contribution is 2.07. The SMILES string of the molecule is CCNC(=O)Nc1[nH]ncc1C#N. The van der Waals surface area contributed by atoms with Gasteiger partial charge in [0.2, 0.25) is 0 Å². The minimum Gasteiger partial charge on any atom is -0.338 e. The molecule has 0 spiro atoms. The van der Waals surface area contributed by atoms with Crippen LogP contribution in [-0.4, -0.2) is 22.8 Å². The van der Waals surface area contributed by atoms with Gasteiger partial charge >= 0.3 is 6.03 Å². The number of nitrogens with one attached hydrogen (secondary N) is 3. The molecule has 0 aliphatic carbocycles. The maximum Gasteiger partial charge on any atom is 0.320 e.